The van der Waals surface area contributed by atoms with Crippen LogP contribution in [0, 0.1) is 0 Å². The van der Waals surface area contributed by atoms with Gasteiger partial charge in [0, 0.05) is 33.9 Å². The fourth-order valence-electron chi connectivity index (χ4n) is 1.83. The molecule has 0 saturated carbocycles. The summed E-state index contributed by atoms with van der Waals surface area (Å²) in [6, 6.07) is 0. The lowest BCUT2D eigenvalue weighted by atomic mass is 10.2. The molecule has 1 saturated heterocycles. The van der Waals surface area contributed by atoms with Crippen molar-refractivity contribution >= 4 is 33.0 Å². The van der Waals surface area contributed by atoms with E-state index in [9.17, 15) is 4.79 Å². The van der Waals surface area contributed by atoms with Crippen LogP contribution in [0.15, 0.2) is 15.2 Å². The van der Waals surface area contributed by atoms with Crippen LogP contribution in [0.1, 0.15) is 16.8 Å². The monoisotopic (exact) mass is 302 g/mol. The first-order valence-corrected chi connectivity index (χ1v) is 7.19. The van der Waals surface area contributed by atoms with Crippen molar-refractivity contribution in [3.8, 4) is 0 Å². The summed E-state index contributed by atoms with van der Waals surface area (Å²) in [6.07, 6.45) is 1.12. The molecule has 1 fully saturated rings. The minimum Gasteiger partial charge on any atom is -0.315 e. The first-order chi connectivity index (χ1) is 7.77. The third kappa shape index (κ3) is 3.13. The van der Waals surface area contributed by atoms with Crippen molar-refractivity contribution in [2.24, 2.45) is 0 Å². The molecule has 88 valence electrons. The number of hydrogen-bond acceptors (Lipinski definition) is 4. The average molecular weight is 303 g/mol. The molecule has 0 unspecified atom stereocenters. The summed E-state index contributed by atoms with van der Waals surface area (Å²) in [5.41, 5.74) is 0.821. The lowest BCUT2D eigenvalue weighted by Crippen LogP contribution is -2.33. The minimum absolute atomic E-state index is 0.218. The Balaban J connectivity index is 1.93. The molecule has 0 atom stereocenters. The molecule has 1 aliphatic rings. The Morgan fingerprint density at radius 3 is 3.06 bits per heavy atom. The highest BCUT2D eigenvalue weighted by Crippen LogP contribution is 2.21. The molecule has 3 nitrogen and oxygen atoms in total. The van der Waals surface area contributed by atoms with Crippen LogP contribution in [0.2, 0.25) is 0 Å². The number of carbonyl (C=O) groups excluding carboxylic acids is 1. The van der Waals surface area contributed by atoms with Crippen molar-refractivity contribution < 1.29 is 4.79 Å². The van der Waals surface area contributed by atoms with Gasteiger partial charge in [0.1, 0.15) is 0 Å². The summed E-state index contributed by atoms with van der Waals surface area (Å²) in [7, 11) is 0. The molecule has 0 amide bonds. The number of nitrogens with zero attached hydrogens (tertiary/aromatic N) is 1. The van der Waals surface area contributed by atoms with Gasteiger partial charge in [-0.25, -0.2) is 0 Å². The lowest BCUT2D eigenvalue weighted by Gasteiger charge is -2.17. The van der Waals surface area contributed by atoms with Gasteiger partial charge in [-0.15, -0.1) is 0 Å². The van der Waals surface area contributed by atoms with Gasteiger partial charge in [-0.2, -0.15) is 11.3 Å². The Morgan fingerprint density at radius 2 is 2.31 bits per heavy atom. The summed E-state index contributed by atoms with van der Waals surface area (Å²) < 4.78 is 0.926. The second kappa shape index (κ2) is 5.91. The first kappa shape index (κ1) is 12.2. The van der Waals surface area contributed by atoms with Crippen LogP contribution in [0.4, 0.5) is 0 Å². The van der Waals surface area contributed by atoms with Gasteiger partial charge >= 0.3 is 0 Å². The molecule has 0 bridgehead atoms. The number of hydrogen-bond donors (Lipinski definition) is 1. The Labute approximate surface area is 108 Å². The van der Waals surface area contributed by atoms with Gasteiger partial charge in [-0.1, -0.05) is 0 Å². The molecule has 1 N–H and O–H groups in total. The van der Waals surface area contributed by atoms with Crippen molar-refractivity contribution in [1.82, 2.24) is 10.2 Å². The number of nitrogens with one attached hydrogen (secondary N) is 1. The van der Waals surface area contributed by atoms with Crippen LogP contribution in [-0.4, -0.2) is 43.4 Å². The summed E-state index contributed by atoms with van der Waals surface area (Å²) in [5, 5.41) is 7.21. The maximum atomic E-state index is 12.0. The molecule has 0 radical (unpaired) electrons. The molecule has 0 aromatic carbocycles. The molecule has 0 aliphatic carbocycles. The van der Waals surface area contributed by atoms with Crippen LogP contribution < -0.4 is 5.32 Å². The van der Waals surface area contributed by atoms with Crippen LogP contribution in [0.25, 0.3) is 0 Å². The first-order valence-electron chi connectivity index (χ1n) is 5.45. The SMILES string of the molecule is O=C(CN1CCCNCC1)c1cscc1Br. The normalized spacial score (nSPS) is 18.3. The molecule has 2 heterocycles. The number of carbonyl (C=O) groups is 1. The molecule has 1 aliphatic heterocycles. The second-order valence-corrected chi connectivity index (χ2v) is 5.53. The largest absolute Gasteiger partial charge is 0.315 e. The van der Waals surface area contributed by atoms with Crippen LogP contribution in [0.5, 0.6) is 0 Å². The van der Waals surface area contributed by atoms with E-state index < -0.39 is 0 Å². The zero-order valence-electron chi connectivity index (χ0n) is 9.04. The molecule has 1 aromatic heterocycles. The maximum Gasteiger partial charge on any atom is 0.178 e. The van der Waals surface area contributed by atoms with Crippen molar-refractivity contribution in [3.63, 3.8) is 0 Å². The van der Waals surface area contributed by atoms with Gasteiger partial charge in [-0.05, 0) is 35.4 Å². The van der Waals surface area contributed by atoms with E-state index in [2.05, 4.69) is 26.1 Å². The number of halogens is 1. The average Bonchev–Trinajstić information content (AvgIpc) is 2.53. The van der Waals surface area contributed by atoms with Crippen LogP contribution in [-0.2, 0) is 0 Å². The van der Waals surface area contributed by atoms with E-state index in [1.807, 2.05) is 10.8 Å². The second-order valence-electron chi connectivity index (χ2n) is 3.94. The highest BCUT2D eigenvalue weighted by molar-refractivity contribution is 9.10. The molecule has 0 spiro atoms. The Kier molecular flexibility index (Phi) is 4.52. The van der Waals surface area contributed by atoms with Crippen LogP contribution >= 0.6 is 27.3 Å². The van der Waals surface area contributed by atoms with E-state index in [4.69, 9.17) is 0 Å². The molecule has 16 heavy (non-hydrogen) atoms. The van der Waals surface area contributed by atoms with Gasteiger partial charge < -0.3 is 5.32 Å². The summed E-state index contributed by atoms with van der Waals surface area (Å²) in [5.74, 6) is 0.218. The zero-order chi connectivity index (χ0) is 11.4. The summed E-state index contributed by atoms with van der Waals surface area (Å²) >= 11 is 4.97. The fourth-order valence-corrected chi connectivity index (χ4v) is 3.35. The van der Waals surface area contributed by atoms with Gasteiger partial charge in [0.05, 0.1) is 6.54 Å². The maximum absolute atomic E-state index is 12.0. The van der Waals surface area contributed by atoms with Crippen LogP contribution in [0.3, 0.4) is 0 Å². The molecule has 2 rings (SSSR count). The molecular weight excluding hydrogens is 288 g/mol. The Bertz CT molecular complexity index is 359. The predicted octanol–water partition coefficient (Wildman–Crippen LogP) is 1.99. The van der Waals surface area contributed by atoms with E-state index in [1.165, 1.54) is 0 Å². The fraction of sp³-hybridized carbons (Fsp3) is 0.545. The van der Waals surface area contributed by atoms with E-state index in [0.717, 1.165) is 42.6 Å². The number of thiophene rings is 1. The predicted molar refractivity (Wildman–Crippen MR) is 70.3 cm³/mol. The Hall–Kier alpha value is -0.230. The highest BCUT2D eigenvalue weighted by Gasteiger charge is 2.16. The van der Waals surface area contributed by atoms with Crippen molar-refractivity contribution in [3.05, 3.63) is 20.8 Å². The van der Waals surface area contributed by atoms with Gasteiger partial charge in [0.2, 0.25) is 0 Å². The standard InChI is InChI=1S/C11H15BrN2OS/c12-10-8-16-7-9(10)11(15)6-14-4-1-2-13-3-5-14/h7-8,13H,1-6H2. The zero-order valence-corrected chi connectivity index (χ0v) is 11.4. The topological polar surface area (TPSA) is 32.3 Å². The quantitative estimate of drug-likeness (QED) is 0.867. The number of ketones is 1. The van der Waals surface area contributed by atoms with E-state index >= 15 is 0 Å². The van der Waals surface area contributed by atoms with Gasteiger partial charge in [0.25, 0.3) is 0 Å². The van der Waals surface area contributed by atoms with Gasteiger partial charge in [0.15, 0.2) is 5.78 Å². The molecule has 1 aromatic rings. The highest BCUT2D eigenvalue weighted by atomic mass is 79.9. The van der Waals surface area contributed by atoms with Crippen molar-refractivity contribution in [1.29, 1.82) is 0 Å². The van der Waals surface area contributed by atoms with E-state index in [1.54, 1.807) is 11.3 Å². The smallest absolute Gasteiger partial charge is 0.178 e. The Morgan fingerprint density at radius 1 is 1.44 bits per heavy atom. The summed E-state index contributed by atoms with van der Waals surface area (Å²) in [4.78, 5) is 14.3. The number of Topliss-reactive ketones (excluding diaryl/α,β-unsaturated/α-hetero) is 1. The van der Waals surface area contributed by atoms with Crippen molar-refractivity contribution in [2.75, 3.05) is 32.7 Å². The minimum atomic E-state index is 0.218. The van der Waals surface area contributed by atoms with Gasteiger partial charge in [-0.3, -0.25) is 9.69 Å². The molecular formula is C11H15BrN2OS. The molecule has 5 heteroatoms. The van der Waals surface area contributed by atoms with Crippen molar-refractivity contribution in [2.45, 2.75) is 6.42 Å². The van der Waals surface area contributed by atoms with E-state index in [-0.39, 0.29) is 5.78 Å². The summed E-state index contributed by atoms with van der Waals surface area (Å²) in [6.45, 7) is 4.57. The lowest BCUT2D eigenvalue weighted by molar-refractivity contribution is 0.0935. The number of rotatable bonds is 3. The third-order valence-electron chi connectivity index (χ3n) is 2.72. The third-order valence-corrected chi connectivity index (χ3v) is 4.42. The van der Waals surface area contributed by atoms with E-state index in [0.29, 0.717) is 6.54 Å².